The Labute approximate surface area is 195 Å². The van der Waals surface area contributed by atoms with Crippen LogP contribution < -0.4 is 19.5 Å². The number of hydrogen-bond acceptors (Lipinski definition) is 8. The van der Waals surface area contributed by atoms with E-state index in [1.54, 1.807) is 13.0 Å². The summed E-state index contributed by atoms with van der Waals surface area (Å²) in [5.74, 6) is -1.65. The zero-order valence-corrected chi connectivity index (χ0v) is 19.0. The van der Waals surface area contributed by atoms with Gasteiger partial charge in [0.2, 0.25) is 5.88 Å². The summed E-state index contributed by atoms with van der Waals surface area (Å²) in [6.45, 7) is 1.90. The number of carbonyl (C=O) groups is 1. The molecule has 4 rings (SSSR count). The number of methoxy groups -OCH3 is 1. The largest absolute Gasteiger partial charge is 0.497 e. The summed E-state index contributed by atoms with van der Waals surface area (Å²) in [5.41, 5.74) is 3.82. The zero-order chi connectivity index (χ0) is 24.7. The van der Waals surface area contributed by atoms with Crippen LogP contribution in [-0.2, 0) is 20.4 Å². The smallest absolute Gasteiger partial charge is 0.270 e. The van der Waals surface area contributed by atoms with Gasteiger partial charge in [-0.3, -0.25) is 4.79 Å². The number of ether oxygens (including phenoxy) is 2. The molecule has 174 valence electrons. The molecule has 2 aromatic carbocycles. The number of carbonyl (C=O) groups excluding carboxylic acids is 1. The van der Waals surface area contributed by atoms with Gasteiger partial charge >= 0.3 is 0 Å². The molecule has 2 heterocycles. The first-order chi connectivity index (χ1) is 16.2. The Morgan fingerprint density at radius 2 is 1.91 bits per heavy atom. The Morgan fingerprint density at radius 3 is 2.53 bits per heavy atom. The van der Waals surface area contributed by atoms with Gasteiger partial charge in [-0.2, -0.15) is 5.26 Å². The lowest BCUT2D eigenvalue weighted by molar-refractivity contribution is -0.120. The molecule has 1 aliphatic heterocycles. The van der Waals surface area contributed by atoms with E-state index in [1.807, 2.05) is 0 Å². The van der Waals surface area contributed by atoms with Gasteiger partial charge in [0, 0.05) is 23.4 Å². The van der Waals surface area contributed by atoms with Crippen molar-refractivity contribution in [2.45, 2.75) is 17.4 Å². The van der Waals surface area contributed by atoms with Crippen LogP contribution in [0.2, 0.25) is 0 Å². The number of amides is 1. The van der Waals surface area contributed by atoms with E-state index in [1.165, 1.54) is 49.7 Å². The molecule has 0 spiro atoms. The number of aromatic nitrogens is 1. The first-order valence-electron chi connectivity index (χ1n) is 10.0. The minimum atomic E-state index is -4.53. The van der Waals surface area contributed by atoms with Gasteiger partial charge in [0.1, 0.15) is 17.6 Å². The molecule has 1 atom stereocenters. The van der Waals surface area contributed by atoms with Gasteiger partial charge in [-0.25, -0.2) is 22.1 Å². The number of pyridine rings is 1. The van der Waals surface area contributed by atoms with Crippen LogP contribution in [0.3, 0.4) is 0 Å². The minimum absolute atomic E-state index is 0.0123. The second-order valence-corrected chi connectivity index (χ2v) is 9.09. The van der Waals surface area contributed by atoms with Crippen LogP contribution in [0.25, 0.3) is 0 Å². The maximum Gasteiger partial charge on any atom is 0.270 e. The van der Waals surface area contributed by atoms with Gasteiger partial charge in [0.25, 0.3) is 15.9 Å². The van der Waals surface area contributed by atoms with E-state index in [9.17, 15) is 22.9 Å². The predicted octanol–water partition coefficient (Wildman–Crippen LogP) is 2.44. The Hall–Kier alpha value is -4.01. The highest BCUT2D eigenvalue weighted by atomic mass is 32.2. The lowest BCUT2D eigenvalue weighted by Crippen LogP contribution is -2.50. The fraction of sp³-hybridized carbons (Fsp3) is 0.174. The fourth-order valence-corrected chi connectivity index (χ4v) is 5.27. The molecule has 9 nitrogen and oxygen atoms in total. The molecule has 0 aliphatic carbocycles. The first kappa shape index (κ1) is 23.2. The zero-order valence-electron chi connectivity index (χ0n) is 18.1. The molecule has 34 heavy (non-hydrogen) atoms. The van der Waals surface area contributed by atoms with Gasteiger partial charge in [0.15, 0.2) is 5.54 Å². The monoisotopic (exact) mass is 482 g/mol. The molecule has 3 aromatic rings. The third-order valence-corrected chi connectivity index (χ3v) is 7.16. The van der Waals surface area contributed by atoms with Crippen molar-refractivity contribution in [1.82, 2.24) is 4.98 Å². The first-order valence-corrected chi connectivity index (χ1v) is 11.5. The topological polar surface area (TPSA) is 136 Å². The standard InChI is InChI=1S/C23H19FN4O5S/c1-3-33-21-17(5-4-10-27-21)23(26)18-11-14(13-25)19(24)12-20(18)28(22(23)29)34(30,31)16-8-6-15(32-2)7-9-16/h4-12H,3,26H2,1-2H3/t23-/m1/s1. The third-order valence-electron chi connectivity index (χ3n) is 5.45. The Balaban J connectivity index is 2.00. The van der Waals surface area contributed by atoms with Crippen molar-refractivity contribution in [3.05, 3.63) is 77.2 Å². The number of hydrogen-bond donors (Lipinski definition) is 1. The number of nitrogens with two attached hydrogens (primary N) is 1. The van der Waals surface area contributed by atoms with Crippen molar-refractivity contribution in [2.24, 2.45) is 5.73 Å². The number of rotatable bonds is 6. The van der Waals surface area contributed by atoms with Gasteiger partial charge in [-0.05, 0) is 49.4 Å². The third kappa shape index (κ3) is 3.35. The molecule has 2 N–H and O–H groups in total. The second kappa shape index (κ2) is 8.40. The normalized spacial score (nSPS) is 17.3. The van der Waals surface area contributed by atoms with Crippen LogP contribution in [0.1, 0.15) is 23.6 Å². The van der Waals surface area contributed by atoms with E-state index in [0.29, 0.717) is 10.1 Å². The van der Waals surface area contributed by atoms with E-state index < -0.39 is 32.9 Å². The van der Waals surface area contributed by atoms with Crippen LogP contribution in [0.5, 0.6) is 11.6 Å². The van der Waals surface area contributed by atoms with Gasteiger partial charge < -0.3 is 15.2 Å². The molecule has 0 unspecified atom stereocenters. The average molecular weight is 482 g/mol. The molecule has 0 bridgehead atoms. The van der Waals surface area contributed by atoms with Crippen LogP contribution in [-0.4, -0.2) is 33.0 Å². The highest BCUT2D eigenvalue weighted by Crippen LogP contribution is 2.48. The van der Waals surface area contributed by atoms with E-state index in [-0.39, 0.29) is 34.2 Å². The average Bonchev–Trinajstić information content (AvgIpc) is 3.06. The number of nitrogens with zero attached hydrogens (tertiary/aromatic N) is 3. The van der Waals surface area contributed by atoms with Crippen molar-refractivity contribution in [3.63, 3.8) is 0 Å². The van der Waals surface area contributed by atoms with E-state index in [4.69, 9.17) is 15.2 Å². The van der Waals surface area contributed by atoms with Crippen LogP contribution in [0, 0.1) is 17.1 Å². The summed E-state index contributed by atoms with van der Waals surface area (Å²) in [7, 11) is -3.11. The van der Waals surface area contributed by atoms with Crippen LogP contribution in [0.15, 0.2) is 59.6 Å². The fourth-order valence-electron chi connectivity index (χ4n) is 3.81. The number of sulfonamides is 1. The Kier molecular flexibility index (Phi) is 5.72. The Morgan fingerprint density at radius 1 is 1.21 bits per heavy atom. The number of halogens is 1. The quantitative estimate of drug-likeness (QED) is 0.566. The maximum atomic E-state index is 14.6. The van der Waals surface area contributed by atoms with Crippen molar-refractivity contribution < 1.29 is 27.1 Å². The van der Waals surface area contributed by atoms with E-state index in [2.05, 4.69) is 4.98 Å². The number of anilines is 1. The van der Waals surface area contributed by atoms with Gasteiger partial charge in [-0.15, -0.1) is 0 Å². The van der Waals surface area contributed by atoms with Gasteiger partial charge in [0.05, 0.1) is 29.9 Å². The van der Waals surface area contributed by atoms with Crippen molar-refractivity contribution in [2.75, 3.05) is 18.0 Å². The molecule has 1 amide bonds. The molecule has 0 fully saturated rings. The molecule has 1 aromatic heterocycles. The van der Waals surface area contributed by atoms with E-state index >= 15 is 0 Å². The number of fused-ring (bicyclic) bond motifs is 1. The maximum absolute atomic E-state index is 14.6. The molecule has 1 aliphatic rings. The molecular formula is C23H19FN4O5S. The second-order valence-electron chi connectivity index (χ2n) is 7.31. The predicted molar refractivity (Wildman–Crippen MR) is 119 cm³/mol. The summed E-state index contributed by atoms with van der Waals surface area (Å²) >= 11 is 0. The van der Waals surface area contributed by atoms with Crippen molar-refractivity contribution >= 4 is 21.6 Å². The van der Waals surface area contributed by atoms with Gasteiger partial charge in [-0.1, -0.05) is 0 Å². The summed E-state index contributed by atoms with van der Waals surface area (Å²) in [5, 5.41) is 9.35. The SMILES string of the molecule is CCOc1ncccc1[C@]1(N)C(=O)N(S(=O)(=O)c2ccc(OC)cc2)c2cc(F)c(C#N)cc21. The molecule has 11 heteroatoms. The lowest BCUT2D eigenvalue weighted by Gasteiger charge is -2.26. The molecular weight excluding hydrogens is 463 g/mol. The summed E-state index contributed by atoms with van der Waals surface area (Å²) in [6, 6.07) is 11.9. The summed E-state index contributed by atoms with van der Waals surface area (Å²) in [4.78, 5) is 17.7. The molecule has 0 saturated carbocycles. The molecule has 0 radical (unpaired) electrons. The summed E-state index contributed by atoms with van der Waals surface area (Å²) in [6.07, 6.45) is 1.43. The Bertz CT molecular complexity index is 1440. The van der Waals surface area contributed by atoms with Crippen molar-refractivity contribution in [1.29, 1.82) is 5.26 Å². The summed E-state index contributed by atoms with van der Waals surface area (Å²) < 4.78 is 52.8. The lowest BCUT2D eigenvalue weighted by atomic mass is 9.84. The van der Waals surface area contributed by atoms with Crippen molar-refractivity contribution in [3.8, 4) is 17.7 Å². The highest BCUT2D eigenvalue weighted by molar-refractivity contribution is 7.93. The van der Waals surface area contributed by atoms with Crippen LogP contribution >= 0.6 is 0 Å². The highest BCUT2D eigenvalue weighted by Gasteiger charge is 2.55. The minimum Gasteiger partial charge on any atom is -0.497 e. The number of benzene rings is 2. The number of nitriles is 1. The van der Waals surface area contributed by atoms with E-state index in [0.717, 1.165) is 12.1 Å². The molecule has 0 saturated heterocycles. The van der Waals surface area contributed by atoms with Crippen LogP contribution in [0.4, 0.5) is 10.1 Å².